The standard InChI is InChI=1S/C21H22FN3O3/c22-16-3-5-17(6-4-16)25-11-9-24(10-12-25)15-19-7-8-20(28-19)21(26)23-14-18-2-1-13-27-18/h1-8,13H,9-12,14-15H2,(H,23,26). The summed E-state index contributed by atoms with van der Waals surface area (Å²) in [6.45, 7) is 4.46. The molecule has 0 unspecified atom stereocenters. The predicted octanol–water partition coefficient (Wildman–Crippen LogP) is 3.26. The Morgan fingerprint density at radius 1 is 1.00 bits per heavy atom. The molecule has 1 amide bonds. The molecule has 0 aliphatic carbocycles. The maximum Gasteiger partial charge on any atom is 0.287 e. The van der Waals surface area contributed by atoms with Gasteiger partial charge in [-0.1, -0.05) is 0 Å². The van der Waals surface area contributed by atoms with Crippen molar-refractivity contribution in [1.82, 2.24) is 10.2 Å². The third-order valence-electron chi connectivity index (χ3n) is 4.83. The van der Waals surface area contributed by atoms with Gasteiger partial charge >= 0.3 is 0 Å². The monoisotopic (exact) mass is 383 g/mol. The summed E-state index contributed by atoms with van der Waals surface area (Å²) in [5, 5.41) is 2.77. The Hall–Kier alpha value is -3.06. The fourth-order valence-electron chi connectivity index (χ4n) is 3.29. The number of nitrogens with zero attached hydrogens (tertiary/aromatic N) is 2. The van der Waals surface area contributed by atoms with E-state index in [1.54, 1.807) is 24.5 Å². The summed E-state index contributed by atoms with van der Waals surface area (Å²) in [7, 11) is 0. The zero-order valence-corrected chi connectivity index (χ0v) is 15.4. The van der Waals surface area contributed by atoms with Crippen LogP contribution < -0.4 is 10.2 Å². The molecule has 3 aromatic rings. The minimum Gasteiger partial charge on any atom is -0.467 e. The van der Waals surface area contributed by atoms with Gasteiger partial charge in [0.15, 0.2) is 5.76 Å². The first-order chi connectivity index (χ1) is 13.7. The lowest BCUT2D eigenvalue weighted by molar-refractivity contribution is 0.0916. The molecule has 1 aliphatic rings. The third-order valence-corrected chi connectivity index (χ3v) is 4.83. The lowest BCUT2D eigenvalue weighted by Crippen LogP contribution is -2.45. The van der Waals surface area contributed by atoms with Crippen LogP contribution in [0.4, 0.5) is 10.1 Å². The number of halogens is 1. The van der Waals surface area contributed by atoms with Crippen molar-refractivity contribution in [2.45, 2.75) is 13.1 Å². The second-order valence-corrected chi connectivity index (χ2v) is 6.77. The molecule has 6 nitrogen and oxygen atoms in total. The Balaban J connectivity index is 1.26. The summed E-state index contributed by atoms with van der Waals surface area (Å²) in [4.78, 5) is 16.7. The van der Waals surface area contributed by atoms with Crippen LogP contribution in [0.5, 0.6) is 0 Å². The molecule has 28 heavy (non-hydrogen) atoms. The molecule has 2 aromatic heterocycles. The largest absolute Gasteiger partial charge is 0.467 e. The van der Waals surface area contributed by atoms with Crippen molar-refractivity contribution < 1.29 is 18.0 Å². The van der Waals surface area contributed by atoms with E-state index in [9.17, 15) is 9.18 Å². The van der Waals surface area contributed by atoms with Gasteiger partial charge in [-0.2, -0.15) is 0 Å². The minimum atomic E-state index is -0.260. The van der Waals surface area contributed by atoms with E-state index >= 15 is 0 Å². The first-order valence-corrected chi connectivity index (χ1v) is 9.29. The van der Waals surface area contributed by atoms with Crippen molar-refractivity contribution in [3.8, 4) is 0 Å². The highest BCUT2D eigenvalue weighted by molar-refractivity contribution is 5.91. The molecule has 1 aromatic carbocycles. The molecule has 146 valence electrons. The quantitative estimate of drug-likeness (QED) is 0.708. The van der Waals surface area contributed by atoms with Gasteiger partial charge in [-0.15, -0.1) is 0 Å². The topological polar surface area (TPSA) is 61.9 Å². The van der Waals surface area contributed by atoms with E-state index in [4.69, 9.17) is 8.83 Å². The molecule has 0 spiro atoms. The summed E-state index contributed by atoms with van der Waals surface area (Å²) in [5.74, 6) is 1.28. The average Bonchev–Trinajstić information content (AvgIpc) is 3.40. The highest BCUT2D eigenvalue weighted by Crippen LogP contribution is 2.18. The zero-order valence-electron chi connectivity index (χ0n) is 15.4. The summed E-state index contributed by atoms with van der Waals surface area (Å²) >= 11 is 0. The van der Waals surface area contributed by atoms with Crippen LogP contribution in [-0.4, -0.2) is 37.0 Å². The number of hydrogen-bond acceptors (Lipinski definition) is 5. The Labute approximate surface area is 162 Å². The summed E-state index contributed by atoms with van der Waals surface area (Å²) in [5.41, 5.74) is 1.04. The molecule has 0 atom stereocenters. The third kappa shape index (κ3) is 4.43. The van der Waals surface area contributed by atoms with Gasteiger partial charge in [-0.3, -0.25) is 9.69 Å². The smallest absolute Gasteiger partial charge is 0.287 e. The van der Waals surface area contributed by atoms with Gasteiger partial charge in [0.2, 0.25) is 0 Å². The van der Waals surface area contributed by atoms with Crippen LogP contribution in [0, 0.1) is 5.82 Å². The number of carbonyl (C=O) groups is 1. The van der Waals surface area contributed by atoms with Crippen molar-refractivity contribution >= 4 is 11.6 Å². The molecule has 4 rings (SSSR count). The van der Waals surface area contributed by atoms with E-state index in [1.807, 2.05) is 18.2 Å². The van der Waals surface area contributed by atoms with E-state index in [0.717, 1.165) is 37.6 Å². The van der Waals surface area contributed by atoms with Crippen molar-refractivity contribution in [1.29, 1.82) is 0 Å². The Morgan fingerprint density at radius 3 is 2.50 bits per heavy atom. The van der Waals surface area contributed by atoms with E-state index in [0.29, 0.717) is 24.6 Å². The van der Waals surface area contributed by atoms with Crippen molar-refractivity contribution in [3.05, 3.63) is 77.9 Å². The number of furan rings is 2. The lowest BCUT2D eigenvalue weighted by Gasteiger charge is -2.35. The Morgan fingerprint density at radius 2 is 1.79 bits per heavy atom. The zero-order chi connectivity index (χ0) is 19.3. The van der Waals surface area contributed by atoms with E-state index in [-0.39, 0.29) is 11.7 Å². The Bertz CT molecular complexity index is 897. The fourth-order valence-corrected chi connectivity index (χ4v) is 3.29. The van der Waals surface area contributed by atoms with E-state index < -0.39 is 0 Å². The number of carbonyl (C=O) groups excluding carboxylic acids is 1. The molecular formula is C21H22FN3O3. The molecule has 3 heterocycles. The number of benzene rings is 1. The van der Waals surface area contributed by atoms with E-state index in [2.05, 4.69) is 15.1 Å². The van der Waals surface area contributed by atoms with Crippen LogP contribution in [0.2, 0.25) is 0 Å². The van der Waals surface area contributed by atoms with Gasteiger partial charge in [0, 0.05) is 31.9 Å². The van der Waals surface area contributed by atoms with Crippen LogP contribution in [0.1, 0.15) is 22.1 Å². The summed E-state index contributed by atoms with van der Waals surface area (Å²) in [6.07, 6.45) is 1.57. The van der Waals surface area contributed by atoms with Gasteiger partial charge in [0.1, 0.15) is 17.3 Å². The first-order valence-electron chi connectivity index (χ1n) is 9.29. The van der Waals surface area contributed by atoms with Gasteiger partial charge in [0.25, 0.3) is 5.91 Å². The second-order valence-electron chi connectivity index (χ2n) is 6.77. The van der Waals surface area contributed by atoms with Gasteiger partial charge in [-0.05, 0) is 48.5 Å². The van der Waals surface area contributed by atoms with Crippen LogP contribution in [-0.2, 0) is 13.1 Å². The normalized spacial score (nSPS) is 15.0. The average molecular weight is 383 g/mol. The molecule has 0 radical (unpaired) electrons. The number of rotatable bonds is 6. The van der Waals surface area contributed by atoms with Crippen molar-refractivity contribution in [2.24, 2.45) is 0 Å². The molecule has 0 saturated carbocycles. The van der Waals surface area contributed by atoms with Crippen LogP contribution >= 0.6 is 0 Å². The summed E-state index contributed by atoms with van der Waals surface area (Å²) in [6, 6.07) is 13.7. The van der Waals surface area contributed by atoms with Crippen LogP contribution in [0.25, 0.3) is 0 Å². The lowest BCUT2D eigenvalue weighted by atomic mass is 10.2. The molecule has 7 heteroatoms. The molecule has 1 saturated heterocycles. The van der Waals surface area contributed by atoms with Crippen LogP contribution in [0.15, 0.2) is 63.6 Å². The fraction of sp³-hybridized carbons (Fsp3) is 0.286. The minimum absolute atomic E-state index is 0.218. The maximum absolute atomic E-state index is 13.1. The molecule has 0 bridgehead atoms. The maximum atomic E-state index is 13.1. The van der Waals surface area contributed by atoms with Gasteiger partial charge in [0.05, 0.1) is 19.4 Å². The van der Waals surface area contributed by atoms with Gasteiger partial charge < -0.3 is 19.1 Å². The van der Waals surface area contributed by atoms with Crippen molar-refractivity contribution in [2.75, 3.05) is 31.1 Å². The Kier molecular flexibility index (Phi) is 5.43. The number of piperazine rings is 1. The highest BCUT2D eigenvalue weighted by atomic mass is 19.1. The first kappa shape index (κ1) is 18.3. The molecule has 1 aliphatic heterocycles. The number of nitrogens with one attached hydrogen (secondary N) is 1. The molecular weight excluding hydrogens is 361 g/mol. The SMILES string of the molecule is O=C(NCc1ccco1)c1ccc(CN2CCN(c3ccc(F)cc3)CC2)o1. The summed E-state index contributed by atoms with van der Waals surface area (Å²) < 4.78 is 24.0. The van der Waals surface area contributed by atoms with E-state index in [1.165, 1.54) is 12.1 Å². The molecule has 1 fully saturated rings. The van der Waals surface area contributed by atoms with Gasteiger partial charge in [-0.25, -0.2) is 4.39 Å². The number of amides is 1. The number of anilines is 1. The second kappa shape index (κ2) is 8.31. The predicted molar refractivity (Wildman–Crippen MR) is 102 cm³/mol. The highest BCUT2D eigenvalue weighted by Gasteiger charge is 2.19. The van der Waals surface area contributed by atoms with Crippen LogP contribution in [0.3, 0.4) is 0 Å². The molecule has 1 N–H and O–H groups in total. The number of hydrogen-bond donors (Lipinski definition) is 1. The van der Waals surface area contributed by atoms with Crippen molar-refractivity contribution in [3.63, 3.8) is 0 Å².